The number of benzene rings is 2. The van der Waals surface area contributed by atoms with Gasteiger partial charge in [0.15, 0.2) is 6.61 Å². The summed E-state index contributed by atoms with van der Waals surface area (Å²) in [6.45, 7) is 3.03. The second-order valence-corrected chi connectivity index (χ2v) is 9.45. The molecule has 0 spiro atoms. The largest absolute Gasteiger partial charge is 0.484 e. The average molecular weight is 477 g/mol. The van der Waals surface area contributed by atoms with E-state index in [4.69, 9.17) is 10.00 Å². The van der Waals surface area contributed by atoms with Crippen LogP contribution in [0.3, 0.4) is 0 Å². The fraction of sp³-hybridized carbons (Fsp3) is 0.548. The van der Waals surface area contributed by atoms with E-state index in [0.717, 1.165) is 24.1 Å². The molecule has 0 aliphatic carbocycles. The lowest BCUT2D eigenvalue weighted by Gasteiger charge is -2.09. The van der Waals surface area contributed by atoms with Gasteiger partial charge in [0.25, 0.3) is 5.91 Å². The summed E-state index contributed by atoms with van der Waals surface area (Å²) in [5.41, 5.74) is 2.74. The smallest absolute Gasteiger partial charge is 0.257 e. The Morgan fingerprint density at radius 2 is 1.17 bits per heavy atom. The van der Waals surface area contributed by atoms with Gasteiger partial charge in [-0.1, -0.05) is 115 Å². The fourth-order valence-electron chi connectivity index (χ4n) is 4.23. The van der Waals surface area contributed by atoms with E-state index in [-0.39, 0.29) is 12.5 Å². The van der Waals surface area contributed by atoms with E-state index in [2.05, 4.69) is 18.3 Å². The van der Waals surface area contributed by atoms with Gasteiger partial charge < -0.3 is 10.1 Å². The minimum absolute atomic E-state index is 0.0365. The lowest BCUT2D eigenvalue weighted by molar-refractivity contribution is -0.123. The van der Waals surface area contributed by atoms with Crippen molar-refractivity contribution in [1.82, 2.24) is 5.32 Å². The highest BCUT2D eigenvalue weighted by Crippen LogP contribution is 2.22. The number of nitrogens with zero attached hydrogens (tertiary/aromatic N) is 1. The third-order valence-electron chi connectivity index (χ3n) is 6.42. The molecule has 1 amide bonds. The predicted molar refractivity (Wildman–Crippen MR) is 145 cm³/mol. The van der Waals surface area contributed by atoms with E-state index in [1.165, 1.54) is 83.5 Å². The molecule has 0 atom stereocenters. The van der Waals surface area contributed by atoms with Crippen molar-refractivity contribution < 1.29 is 9.53 Å². The number of unbranched alkanes of at least 4 members (excludes halogenated alkanes) is 13. The van der Waals surface area contributed by atoms with Crippen LogP contribution in [0.15, 0.2) is 48.5 Å². The summed E-state index contributed by atoms with van der Waals surface area (Å²) in [5, 5.41) is 11.9. The van der Waals surface area contributed by atoms with Gasteiger partial charge in [-0.3, -0.25) is 4.79 Å². The maximum absolute atomic E-state index is 12.0. The maximum Gasteiger partial charge on any atom is 0.257 e. The van der Waals surface area contributed by atoms with E-state index in [1.807, 2.05) is 48.5 Å². The van der Waals surface area contributed by atoms with Gasteiger partial charge in [0.1, 0.15) is 5.75 Å². The van der Waals surface area contributed by atoms with Crippen molar-refractivity contribution in [2.24, 2.45) is 0 Å². The second kappa shape index (κ2) is 18.5. The molecule has 0 aliphatic rings. The Morgan fingerprint density at radius 1 is 0.714 bits per heavy atom. The SMILES string of the molecule is CCCCCCCCCCCCCCCCNC(=O)COc1ccc(-c2ccc(C#N)cc2)cc1. The molecule has 0 aliphatic heterocycles. The van der Waals surface area contributed by atoms with Crippen LogP contribution in [0, 0.1) is 11.3 Å². The molecule has 0 aromatic heterocycles. The Kier molecular flexibility index (Phi) is 15.0. The summed E-state index contributed by atoms with van der Waals surface area (Å²) in [6, 6.07) is 17.3. The number of rotatable bonds is 19. The topological polar surface area (TPSA) is 62.1 Å². The summed E-state index contributed by atoms with van der Waals surface area (Å²) >= 11 is 0. The van der Waals surface area contributed by atoms with E-state index < -0.39 is 0 Å². The number of nitriles is 1. The second-order valence-electron chi connectivity index (χ2n) is 9.45. The van der Waals surface area contributed by atoms with Crippen molar-refractivity contribution in [1.29, 1.82) is 5.26 Å². The maximum atomic E-state index is 12.0. The normalized spacial score (nSPS) is 10.6. The van der Waals surface area contributed by atoms with Gasteiger partial charge in [0, 0.05) is 6.54 Å². The van der Waals surface area contributed by atoms with Crippen molar-refractivity contribution in [3.63, 3.8) is 0 Å². The molecular formula is C31H44N2O2. The number of carbonyl (C=O) groups excluding carboxylic acids is 1. The van der Waals surface area contributed by atoms with Gasteiger partial charge in [-0.25, -0.2) is 0 Å². The molecule has 2 aromatic carbocycles. The van der Waals surface area contributed by atoms with Crippen LogP contribution < -0.4 is 10.1 Å². The predicted octanol–water partition coefficient (Wildman–Crippen LogP) is 8.20. The molecule has 0 unspecified atom stereocenters. The van der Waals surface area contributed by atoms with Crippen LogP contribution >= 0.6 is 0 Å². The van der Waals surface area contributed by atoms with Crippen molar-refractivity contribution in [3.05, 3.63) is 54.1 Å². The molecular weight excluding hydrogens is 432 g/mol. The van der Waals surface area contributed by atoms with Gasteiger partial charge in [-0.2, -0.15) is 5.26 Å². The summed E-state index contributed by atoms with van der Waals surface area (Å²) in [4.78, 5) is 12.0. The van der Waals surface area contributed by atoms with Crippen LogP contribution in [0.2, 0.25) is 0 Å². The molecule has 4 nitrogen and oxygen atoms in total. The zero-order valence-electron chi connectivity index (χ0n) is 21.7. The Hall–Kier alpha value is -2.80. The number of hydrogen-bond donors (Lipinski definition) is 1. The number of carbonyl (C=O) groups is 1. The zero-order valence-corrected chi connectivity index (χ0v) is 21.7. The molecule has 1 N–H and O–H groups in total. The van der Waals surface area contributed by atoms with E-state index in [1.54, 1.807) is 0 Å². The van der Waals surface area contributed by atoms with Crippen LogP contribution in [0.25, 0.3) is 11.1 Å². The highest BCUT2D eigenvalue weighted by Gasteiger charge is 2.04. The van der Waals surface area contributed by atoms with Crippen molar-refractivity contribution in [2.45, 2.75) is 96.8 Å². The number of amides is 1. The quantitative estimate of drug-likeness (QED) is 0.208. The number of ether oxygens (including phenoxy) is 1. The van der Waals surface area contributed by atoms with Crippen LogP contribution in [0.5, 0.6) is 5.75 Å². The monoisotopic (exact) mass is 476 g/mol. The van der Waals surface area contributed by atoms with Gasteiger partial charge >= 0.3 is 0 Å². The van der Waals surface area contributed by atoms with Crippen LogP contribution in [0.4, 0.5) is 0 Å². The molecule has 0 saturated carbocycles. The van der Waals surface area contributed by atoms with E-state index in [0.29, 0.717) is 11.3 Å². The molecule has 2 aromatic rings. The minimum Gasteiger partial charge on any atom is -0.484 e. The van der Waals surface area contributed by atoms with Gasteiger partial charge in [0.2, 0.25) is 0 Å². The lowest BCUT2D eigenvalue weighted by Crippen LogP contribution is -2.29. The summed E-state index contributed by atoms with van der Waals surface area (Å²) < 4.78 is 5.61. The first-order valence-corrected chi connectivity index (χ1v) is 13.7. The highest BCUT2D eigenvalue weighted by molar-refractivity contribution is 5.77. The lowest BCUT2D eigenvalue weighted by atomic mass is 10.0. The first kappa shape index (κ1) is 28.4. The Bertz CT molecular complexity index is 853. The van der Waals surface area contributed by atoms with Crippen molar-refractivity contribution in [3.8, 4) is 22.9 Å². The van der Waals surface area contributed by atoms with Crippen molar-refractivity contribution >= 4 is 5.91 Å². The highest BCUT2D eigenvalue weighted by atomic mass is 16.5. The third kappa shape index (κ3) is 13.0. The summed E-state index contributed by atoms with van der Waals surface area (Å²) in [6.07, 6.45) is 18.7. The first-order chi connectivity index (χ1) is 17.2. The average Bonchev–Trinajstić information content (AvgIpc) is 2.90. The first-order valence-electron chi connectivity index (χ1n) is 13.7. The van der Waals surface area contributed by atoms with E-state index in [9.17, 15) is 4.79 Å². The van der Waals surface area contributed by atoms with Crippen LogP contribution in [0.1, 0.15) is 102 Å². The van der Waals surface area contributed by atoms with Crippen LogP contribution in [-0.4, -0.2) is 19.1 Å². The van der Waals surface area contributed by atoms with Crippen LogP contribution in [-0.2, 0) is 4.79 Å². The van der Waals surface area contributed by atoms with Gasteiger partial charge in [-0.15, -0.1) is 0 Å². The third-order valence-corrected chi connectivity index (χ3v) is 6.42. The number of hydrogen-bond acceptors (Lipinski definition) is 3. The summed E-state index contributed by atoms with van der Waals surface area (Å²) in [5.74, 6) is 0.602. The molecule has 190 valence electrons. The zero-order chi connectivity index (χ0) is 25.0. The molecule has 2 rings (SSSR count). The Balaban J connectivity index is 1.43. The molecule has 35 heavy (non-hydrogen) atoms. The fourth-order valence-corrected chi connectivity index (χ4v) is 4.23. The molecule has 0 heterocycles. The molecule has 0 fully saturated rings. The molecule has 0 saturated heterocycles. The molecule has 0 bridgehead atoms. The van der Waals surface area contributed by atoms with Gasteiger partial charge in [0.05, 0.1) is 11.6 Å². The molecule has 0 radical (unpaired) electrons. The van der Waals surface area contributed by atoms with Gasteiger partial charge in [-0.05, 0) is 41.8 Å². The minimum atomic E-state index is -0.0733. The van der Waals surface area contributed by atoms with E-state index >= 15 is 0 Å². The van der Waals surface area contributed by atoms with Crippen molar-refractivity contribution in [2.75, 3.05) is 13.2 Å². The number of nitrogens with one attached hydrogen (secondary N) is 1. The molecule has 4 heteroatoms. The Labute approximate surface area is 213 Å². The Morgan fingerprint density at radius 3 is 1.66 bits per heavy atom. The standard InChI is InChI=1S/C31H44N2O2/c1-2-3-4-5-6-7-8-9-10-11-12-13-14-15-24-33-31(34)26-35-30-22-20-29(21-23-30)28-18-16-27(25-32)17-19-28/h16-23H,2-15,24,26H2,1H3,(H,33,34). The summed E-state index contributed by atoms with van der Waals surface area (Å²) in [7, 11) is 0.